The average molecular weight is 351 g/mol. The van der Waals surface area contributed by atoms with Crippen LogP contribution < -0.4 is 4.74 Å². The number of nitrogens with zero attached hydrogens (tertiary/aromatic N) is 1. The SMILES string of the molecule is Cc1ccoc1COc1ccccc1CN(C)C/C=C/C#CC(C)(C)C. The predicted octanol–water partition coefficient (Wildman–Crippen LogP) is 5.20. The summed E-state index contributed by atoms with van der Waals surface area (Å²) in [6.45, 7) is 10.5. The van der Waals surface area contributed by atoms with E-state index in [-0.39, 0.29) is 5.41 Å². The highest BCUT2D eigenvalue weighted by Crippen LogP contribution is 2.21. The van der Waals surface area contributed by atoms with E-state index >= 15 is 0 Å². The van der Waals surface area contributed by atoms with E-state index in [4.69, 9.17) is 9.15 Å². The van der Waals surface area contributed by atoms with Crippen molar-refractivity contribution in [2.75, 3.05) is 13.6 Å². The van der Waals surface area contributed by atoms with Gasteiger partial charge in [0.1, 0.15) is 18.1 Å². The lowest BCUT2D eigenvalue weighted by Gasteiger charge is -2.17. The van der Waals surface area contributed by atoms with Crippen molar-refractivity contribution in [3.05, 3.63) is 65.6 Å². The van der Waals surface area contributed by atoms with E-state index in [0.29, 0.717) is 6.61 Å². The number of furan rings is 1. The fourth-order valence-corrected chi connectivity index (χ4v) is 2.38. The molecule has 0 bridgehead atoms. The van der Waals surface area contributed by atoms with Crippen molar-refractivity contribution in [1.29, 1.82) is 0 Å². The second-order valence-corrected chi connectivity index (χ2v) is 7.54. The Labute approximate surface area is 157 Å². The summed E-state index contributed by atoms with van der Waals surface area (Å²) >= 11 is 0. The minimum Gasteiger partial charge on any atom is -0.485 e. The zero-order valence-corrected chi connectivity index (χ0v) is 16.5. The number of hydrogen-bond donors (Lipinski definition) is 0. The standard InChI is InChI=1S/C23H29NO2/c1-19-13-16-25-22(19)18-26-21-12-8-7-11-20(21)17-24(5)15-10-6-9-14-23(2,3)4/h6-8,10-13,16H,15,17-18H2,1-5H3/b10-6+. The number of aryl methyl sites for hydroxylation is 1. The lowest BCUT2D eigenvalue weighted by Crippen LogP contribution is -2.18. The largest absolute Gasteiger partial charge is 0.485 e. The van der Waals surface area contributed by atoms with Crippen LogP contribution in [0.3, 0.4) is 0 Å². The van der Waals surface area contributed by atoms with Gasteiger partial charge in [0.15, 0.2) is 0 Å². The molecule has 0 radical (unpaired) electrons. The number of likely N-dealkylation sites (N-methyl/N-ethyl adjacent to an activating group) is 1. The fraction of sp³-hybridized carbons (Fsp3) is 0.391. The zero-order chi connectivity index (χ0) is 19.0. The average Bonchev–Trinajstić information content (AvgIpc) is 2.98. The predicted molar refractivity (Wildman–Crippen MR) is 107 cm³/mol. The maximum atomic E-state index is 5.98. The number of benzene rings is 1. The summed E-state index contributed by atoms with van der Waals surface area (Å²) in [7, 11) is 2.09. The normalized spacial score (nSPS) is 11.6. The van der Waals surface area contributed by atoms with Crippen LogP contribution >= 0.6 is 0 Å². The highest BCUT2D eigenvalue weighted by atomic mass is 16.5. The fourth-order valence-electron chi connectivity index (χ4n) is 2.38. The van der Waals surface area contributed by atoms with Crippen LogP contribution in [0.15, 0.2) is 53.2 Å². The topological polar surface area (TPSA) is 25.6 Å². The van der Waals surface area contributed by atoms with Crippen molar-refractivity contribution >= 4 is 0 Å². The molecular formula is C23H29NO2. The summed E-state index contributed by atoms with van der Waals surface area (Å²) in [5.41, 5.74) is 2.31. The molecule has 0 N–H and O–H groups in total. The second kappa shape index (κ2) is 9.31. The van der Waals surface area contributed by atoms with Gasteiger partial charge in [-0.3, -0.25) is 4.90 Å². The molecule has 2 aromatic rings. The Kier molecular flexibility index (Phi) is 7.12. The van der Waals surface area contributed by atoms with Crippen molar-refractivity contribution in [2.24, 2.45) is 5.41 Å². The summed E-state index contributed by atoms with van der Waals surface area (Å²) < 4.78 is 11.4. The van der Waals surface area contributed by atoms with Crippen molar-refractivity contribution in [1.82, 2.24) is 4.90 Å². The van der Waals surface area contributed by atoms with Gasteiger partial charge >= 0.3 is 0 Å². The Morgan fingerprint density at radius 3 is 2.65 bits per heavy atom. The second-order valence-electron chi connectivity index (χ2n) is 7.54. The van der Waals surface area contributed by atoms with E-state index in [9.17, 15) is 0 Å². The molecule has 1 aromatic heterocycles. The van der Waals surface area contributed by atoms with Gasteiger partial charge in [0.25, 0.3) is 0 Å². The van der Waals surface area contributed by atoms with E-state index in [1.54, 1.807) is 6.26 Å². The lowest BCUT2D eigenvalue weighted by molar-refractivity contribution is 0.261. The number of rotatable bonds is 7. The molecule has 1 aromatic carbocycles. The Balaban J connectivity index is 1.91. The quantitative estimate of drug-likeness (QED) is 0.641. The number of ether oxygens (including phenoxy) is 1. The Hall–Kier alpha value is -2.44. The van der Waals surface area contributed by atoms with E-state index < -0.39 is 0 Å². The third-order valence-electron chi connectivity index (χ3n) is 3.81. The maximum Gasteiger partial charge on any atom is 0.146 e. The monoisotopic (exact) mass is 351 g/mol. The number of para-hydroxylation sites is 1. The Morgan fingerprint density at radius 1 is 1.19 bits per heavy atom. The van der Waals surface area contributed by atoms with Crippen LogP contribution in [0.5, 0.6) is 5.75 Å². The summed E-state index contributed by atoms with van der Waals surface area (Å²) in [5.74, 6) is 8.07. The van der Waals surface area contributed by atoms with Gasteiger partial charge in [0.2, 0.25) is 0 Å². The van der Waals surface area contributed by atoms with Crippen LogP contribution in [0, 0.1) is 24.2 Å². The molecule has 138 valence electrons. The molecular weight excluding hydrogens is 322 g/mol. The van der Waals surface area contributed by atoms with Crippen LogP contribution in [0.25, 0.3) is 0 Å². The first kappa shape index (κ1) is 19.9. The summed E-state index contributed by atoms with van der Waals surface area (Å²) in [6, 6.07) is 10.1. The van der Waals surface area contributed by atoms with E-state index in [1.165, 1.54) is 0 Å². The maximum absolute atomic E-state index is 5.98. The third-order valence-corrected chi connectivity index (χ3v) is 3.81. The van der Waals surface area contributed by atoms with Crippen molar-refractivity contribution in [2.45, 2.75) is 40.8 Å². The number of allylic oxidation sites excluding steroid dienone is 1. The van der Waals surface area contributed by atoms with Gasteiger partial charge < -0.3 is 9.15 Å². The van der Waals surface area contributed by atoms with Gasteiger partial charge in [-0.05, 0) is 58.5 Å². The van der Waals surface area contributed by atoms with Gasteiger partial charge in [0.05, 0.1) is 6.26 Å². The highest BCUT2D eigenvalue weighted by molar-refractivity contribution is 5.33. The summed E-state index contributed by atoms with van der Waals surface area (Å²) in [4.78, 5) is 2.23. The lowest BCUT2D eigenvalue weighted by atomic mass is 9.98. The first-order chi connectivity index (χ1) is 12.3. The molecule has 26 heavy (non-hydrogen) atoms. The molecule has 0 spiro atoms. The van der Waals surface area contributed by atoms with Crippen LogP contribution in [0.4, 0.5) is 0 Å². The first-order valence-electron chi connectivity index (χ1n) is 8.95. The van der Waals surface area contributed by atoms with Gasteiger partial charge in [-0.1, -0.05) is 36.1 Å². The molecule has 0 fully saturated rings. The molecule has 0 saturated carbocycles. The molecule has 0 amide bonds. The minimum absolute atomic E-state index is 0.0405. The number of hydrogen-bond acceptors (Lipinski definition) is 3. The van der Waals surface area contributed by atoms with Gasteiger partial charge in [0, 0.05) is 24.1 Å². The van der Waals surface area contributed by atoms with Crippen LogP contribution in [0.2, 0.25) is 0 Å². The van der Waals surface area contributed by atoms with E-state index in [1.807, 2.05) is 37.3 Å². The van der Waals surface area contributed by atoms with Crippen LogP contribution in [-0.4, -0.2) is 18.5 Å². The molecule has 0 atom stereocenters. The molecule has 0 aliphatic rings. The van der Waals surface area contributed by atoms with Gasteiger partial charge in [-0.2, -0.15) is 0 Å². The minimum atomic E-state index is 0.0405. The molecule has 0 saturated heterocycles. The van der Waals surface area contributed by atoms with Crippen molar-refractivity contribution in [3.8, 4) is 17.6 Å². The Morgan fingerprint density at radius 2 is 1.96 bits per heavy atom. The van der Waals surface area contributed by atoms with Crippen molar-refractivity contribution in [3.63, 3.8) is 0 Å². The van der Waals surface area contributed by atoms with Crippen molar-refractivity contribution < 1.29 is 9.15 Å². The third kappa shape index (κ3) is 6.82. The first-order valence-corrected chi connectivity index (χ1v) is 8.95. The van der Waals surface area contributed by atoms with Crippen LogP contribution in [-0.2, 0) is 13.2 Å². The Bertz CT molecular complexity index is 784. The summed E-state index contributed by atoms with van der Waals surface area (Å²) in [5, 5.41) is 0. The molecule has 2 rings (SSSR count). The van der Waals surface area contributed by atoms with E-state index in [0.717, 1.165) is 35.7 Å². The molecule has 3 nitrogen and oxygen atoms in total. The summed E-state index contributed by atoms with van der Waals surface area (Å²) in [6.07, 6.45) is 5.72. The van der Waals surface area contributed by atoms with E-state index in [2.05, 4.69) is 56.7 Å². The van der Waals surface area contributed by atoms with Gasteiger partial charge in [-0.15, -0.1) is 0 Å². The van der Waals surface area contributed by atoms with Gasteiger partial charge in [-0.25, -0.2) is 0 Å². The molecule has 3 heteroatoms. The highest BCUT2D eigenvalue weighted by Gasteiger charge is 2.08. The molecule has 0 aliphatic heterocycles. The van der Waals surface area contributed by atoms with Crippen LogP contribution in [0.1, 0.15) is 37.7 Å². The molecule has 1 heterocycles. The molecule has 0 aliphatic carbocycles. The zero-order valence-electron chi connectivity index (χ0n) is 16.5. The smallest absolute Gasteiger partial charge is 0.146 e. The molecule has 0 unspecified atom stereocenters.